The Balaban J connectivity index is 2.59. The number of anilines is 1. The van der Waals surface area contributed by atoms with Crippen LogP contribution in [0.2, 0.25) is 5.15 Å². The molecule has 5 nitrogen and oxygen atoms in total. The van der Waals surface area contributed by atoms with Crippen LogP contribution in [0.4, 0.5) is 5.82 Å². The number of halogens is 1. The van der Waals surface area contributed by atoms with Gasteiger partial charge < -0.3 is 15.7 Å². The molecule has 0 aliphatic rings. The van der Waals surface area contributed by atoms with E-state index < -0.39 is 0 Å². The summed E-state index contributed by atoms with van der Waals surface area (Å²) in [6.07, 6.45) is 2.69. The maximum absolute atomic E-state index is 8.64. The molecule has 3 N–H and O–H groups in total. The van der Waals surface area contributed by atoms with Crippen molar-refractivity contribution in [3.63, 3.8) is 0 Å². The molecule has 0 amide bonds. The van der Waals surface area contributed by atoms with Gasteiger partial charge in [-0.05, 0) is 13.3 Å². The third-order valence-electron chi connectivity index (χ3n) is 2.39. The topological polar surface area (TPSA) is 70.1 Å². The number of nitrogens with zero attached hydrogens (tertiary/aromatic N) is 2. The van der Waals surface area contributed by atoms with Gasteiger partial charge in [-0.3, -0.25) is 4.98 Å². The van der Waals surface area contributed by atoms with Crippen LogP contribution in [-0.4, -0.2) is 34.3 Å². The van der Waals surface area contributed by atoms with E-state index in [4.69, 9.17) is 16.7 Å². The van der Waals surface area contributed by atoms with Crippen LogP contribution in [0.5, 0.6) is 0 Å². The van der Waals surface area contributed by atoms with Gasteiger partial charge in [0, 0.05) is 19.1 Å². The maximum atomic E-state index is 8.64. The molecule has 96 valence electrons. The molecule has 6 heteroatoms. The first-order valence-corrected chi connectivity index (χ1v) is 6.14. The van der Waals surface area contributed by atoms with Crippen LogP contribution < -0.4 is 10.6 Å². The van der Waals surface area contributed by atoms with Crippen LogP contribution in [0, 0.1) is 0 Å². The molecular formula is C11H19ClN4O. The summed E-state index contributed by atoms with van der Waals surface area (Å²) in [6, 6.07) is 0.346. The molecule has 1 aromatic heterocycles. The fourth-order valence-corrected chi connectivity index (χ4v) is 1.43. The predicted molar refractivity (Wildman–Crippen MR) is 69.2 cm³/mol. The predicted octanol–water partition coefficient (Wildman–Crippen LogP) is 1.42. The Labute approximate surface area is 107 Å². The van der Waals surface area contributed by atoms with Gasteiger partial charge in [0.2, 0.25) is 0 Å². The lowest BCUT2D eigenvalue weighted by Gasteiger charge is -2.12. The minimum absolute atomic E-state index is 0.0959. The van der Waals surface area contributed by atoms with Crippen molar-refractivity contribution < 1.29 is 5.11 Å². The first-order valence-electron chi connectivity index (χ1n) is 5.76. The van der Waals surface area contributed by atoms with E-state index in [1.165, 1.54) is 0 Å². The number of aliphatic hydroxyl groups excluding tert-OH is 1. The van der Waals surface area contributed by atoms with Crippen molar-refractivity contribution in [2.75, 3.05) is 18.5 Å². The zero-order chi connectivity index (χ0) is 12.7. The van der Waals surface area contributed by atoms with Crippen LogP contribution in [-0.2, 0) is 6.54 Å². The van der Waals surface area contributed by atoms with E-state index in [0.717, 1.165) is 6.42 Å². The third kappa shape index (κ3) is 4.85. The molecule has 0 aliphatic carbocycles. The average Bonchev–Trinajstić information content (AvgIpc) is 2.32. The van der Waals surface area contributed by atoms with Gasteiger partial charge in [0.05, 0.1) is 18.5 Å². The van der Waals surface area contributed by atoms with Gasteiger partial charge in [-0.1, -0.05) is 18.5 Å². The minimum Gasteiger partial charge on any atom is -0.395 e. The smallest absolute Gasteiger partial charge is 0.154 e. The molecule has 0 aliphatic heterocycles. The second kappa shape index (κ2) is 7.42. The van der Waals surface area contributed by atoms with E-state index in [1.54, 1.807) is 6.20 Å². The Morgan fingerprint density at radius 2 is 2.29 bits per heavy atom. The highest BCUT2D eigenvalue weighted by atomic mass is 35.5. The molecule has 1 aromatic rings. The summed E-state index contributed by atoms with van der Waals surface area (Å²) in [5.41, 5.74) is 0.690. The number of hydrogen-bond acceptors (Lipinski definition) is 5. The van der Waals surface area contributed by atoms with Crippen molar-refractivity contribution >= 4 is 17.4 Å². The van der Waals surface area contributed by atoms with Gasteiger partial charge in [0.15, 0.2) is 5.15 Å². The Hall–Kier alpha value is -0.910. The van der Waals surface area contributed by atoms with Gasteiger partial charge in [-0.25, -0.2) is 4.98 Å². The molecule has 0 radical (unpaired) electrons. The lowest BCUT2D eigenvalue weighted by molar-refractivity contribution is 0.291. The SMILES string of the molecule is CCC(C)Nc1cnc(CNCCO)c(Cl)n1. The summed E-state index contributed by atoms with van der Waals surface area (Å²) in [5, 5.41) is 15.2. The zero-order valence-corrected chi connectivity index (χ0v) is 11.0. The minimum atomic E-state index is 0.0959. The van der Waals surface area contributed by atoms with Gasteiger partial charge in [-0.2, -0.15) is 0 Å². The van der Waals surface area contributed by atoms with E-state index in [0.29, 0.717) is 35.8 Å². The molecule has 1 atom stereocenters. The van der Waals surface area contributed by atoms with Crippen LogP contribution in [0.25, 0.3) is 0 Å². The molecule has 1 unspecified atom stereocenters. The molecule has 0 saturated heterocycles. The first-order chi connectivity index (χ1) is 8.17. The second-order valence-electron chi connectivity index (χ2n) is 3.85. The highest BCUT2D eigenvalue weighted by Crippen LogP contribution is 2.14. The number of rotatable bonds is 7. The molecule has 0 fully saturated rings. The fourth-order valence-electron chi connectivity index (χ4n) is 1.22. The highest BCUT2D eigenvalue weighted by molar-refractivity contribution is 6.30. The normalized spacial score (nSPS) is 12.5. The maximum Gasteiger partial charge on any atom is 0.154 e. The monoisotopic (exact) mass is 258 g/mol. The number of nitrogens with one attached hydrogen (secondary N) is 2. The van der Waals surface area contributed by atoms with Crippen molar-refractivity contribution in [1.29, 1.82) is 0 Å². The van der Waals surface area contributed by atoms with Crippen LogP contribution in [0.1, 0.15) is 26.0 Å². The van der Waals surface area contributed by atoms with Gasteiger partial charge >= 0.3 is 0 Å². The summed E-state index contributed by atoms with van der Waals surface area (Å²) in [7, 11) is 0. The summed E-state index contributed by atoms with van der Waals surface area (Å²) in [6.45, 7) is 5.30. The van der Waals surface area contributed by atoms with E-state index in [2.05, 4.69) is 34.4 Å². The van der Waals surface area contributed by atoms with E-state index in [-0.39, 0.29) is 6.61 Å². The molecule has 0 spiro atoms. The Bertz CT molecular complexity index is 348. The van der Waals surface area contributed by atoms with Crippen molar-refractivity contribution in [2.45, 2.75) is 32.9 Å². The quantitative estimate of drug-likeness (QED) is 0.646. The van der Waals surface area contributed by atoms with Crippen LogP contribution in [0.3, 0.4) is 0 Å². The second-order valence-corrected chi connectivity index (χ2v) is 4.20. The van der Waals surface area contributed by atoms with Crippen molar-refractivity contribution in [1.82, 2.24) is 15.3 Å². The number of aliphatic hydroxyl groups is 1. The van der Waals surface area contributed by atoms with Crippen LogP contribution in [0.15, 0.2) is 6.20 Å². The van der Waals surface area contributed by atoms with E-state index in [9.17, 15) is 0 Å². The lowest BCUT2D eigenvalue weighted by atomic mass is 10.3. The van der Waals surface area contributed by atoms with Gasteiger partial charge in [0.1, 0.15) is 5.82 Å². The third-order valence-corrected chi connectivity index (χ3v) is 2.69. The zero-order valence-electron chi connectivity index (χ0n) is 10.2. The fraction of sp³-hybridized carbons (Fsp3) is 0.636. The molecule has 1 rings (SSSR count). The van der Waals surface area contributed by atoms with Crippen LogP contribution >= 0.6 is 11.6 Å². The molecular weight excluding hydrogens is 240 g/mol. The summed E-state index contributed by atoms with van der Waals surface area (Å²) in [4.78, 5) is 8.47. The average molecular weight is 259 g/mol. The summed E-state index contributed by atoms with van der Waals surface area (Å²) < 4.78 is 0. The largest absolute Gasteiger partial charge is 0.395 e. The molecule has 0 saturated carbocycles. The van der Waals surface area contributed by atoms with E-state index in [1.807, 2.05) is 0 Å². The molecule has 17 heavy (non-hydrogen) atoms. The molecule has 0 aromatic carbocycles. The summed E-state index contributed by atoms with van der Waals surface area (Å²) in [5.74, 6) is 0.690. The lowest BCUT2D eigenvalue weighted by Crippen LogP contribution is -2.19. The standard InChI is InChI=1S/C11H19ClN4O/c1-3-8(2)15-10-7-14-9(11(12)16-10)6-13-4-5-17/h7-8,13,17H,3-6H2,1-2H3,(H,15,16). The number of aromatic nitrogens is 2. The van der Waals surface area contributed by atoms with Crippen molar-refractivity contribution in [2.24, 2.45) is 0 Å². The Morgan fingerprint density at radius 3 is 2.88 bits per heavy atom. The Kier molecular flexibility index (Phi) is 6.18. The van der Waals surface area contributed by atoms with Crippen molar-refractivity contribution in [3.8, 4) is 0 Å². The first kappa shape index (κ1) is 14.2. The van der Waals surface area contributed by atoms with E-state index >= 15 is 0 Å². The Morgan fingerprint density at radius 1 is 1.53 bits per heavy atom. The van der Waals surface area contributed by atoms with Gasteiger partial charge in [0.25, 0.3) is 0 Å². The molecule has 0 bridgehead atoms. The number of hydrogen-bond donors (Lipinski definition) is 3. The molecule has 1 heterocycles. The highest BCUT2D eigenvalue weighted by Gasteiger charge is 2.06. The van der Waals surface area contributed by atoms with Gasteiger partial charge in [-0.15, -0.1) is 0 Å². The summed E-state index contributed by atoms with van der Waals surface area (Å²) >= 11 is 6.02. The van der Waals surface area contributed by atoms with Crippen molar-refractivity contribution in [3.05, 3.63) is 17.0 Å².